The lowest BCUT2D eigenvalue weighted by atomic mass is 10.4. The van der Waals surface area contributed by atoms with Crippen molar-refractivity contribution in [3.63, 3.8) is 0 Å². The second kappa shape index (κ2) is 6.06. The lowest BCUT2D eigenvalue weighted by Gasteiger charge is -2.22. The fourth-order valence-electron chi connectivity index (χ4n) is 1.37. The van der Waals surface area contributed by atoms with Crippen LogP contribution in [-0.2, 0) is 10.0 Å². The number of sulfonamides is 1. The first-order valence-corrected chi connectivity index (χ1v) is 7.03. The van der Waals surface area contributed by atoms with E-state index in [2.05, 4.69) is 0 Å². The third kappa shape index (κ3) is 4.32. The van der Waals surface area contributed by atoms with E-state index in [1.807, 2.05) is 0 Å². The van der Waals surface area contributed by atoms with E-state index in [-0.39, 0.29) is 10.2 Å². The molecule has 1 rings (SSSR count). The van der Waals surface area contributed by atoms with Crippen molar-refractivity contribution in [3.05, 3.63) is 30.1 Å². The van der Waals surface area contributed by atoms with Crippen molar-refractivity contribution < 1.29 is 26.0 Å². The van der Waals surface area contributed by atoms with Gasteiger partial charge >= 0.3 is 6.18 Å². The first-order chi connectivity index (χ1) is 8.68. The first kappa shape index (κ1) is 16.2. The van der Waals surface area contributed by atoms with Crippen molar-refractivity contribution >= 4 is 21.6 Å². The van der Waals surface area contributed by atoms with Crippen LogP contribution in [0.5, 0.6) is 0 Å². The highest BCUT2D eigenvalue weighted by Gasteiger charge is 2.37. The van der Waals surface area contributed by atoms with Crippen LogP contribution in [0.3, 0.4) is 0 Å². The first-order valence-electron chi connectivity index (χ1n) is 5.06. The van der Waals surface area contributed by atoms with E-state index in [9.17, 15) is 26.0 Å². The quantitative estimate of drug-likeness (QED) is 0.618. The molecular formula is C10H10ClF4NO2S. The van der Waals surface area contributed by atoms with Gasteiger partial charge in [0.1, 0.15) is 17.3 Å². The molecule has 1 aromatic carbocycles. The van der Waals surface area contributed by atoms with Crippen molar-refractivity contribution in [1.29, 1.82) is 0 Å². The molecule has 0 amide bonds. The van der Waals surface area contributed by atoms with E-state index in [4.69, 9.17) is 11.6 Å². The molecule has 0 saturated heterocycles. The summed E-state index contributed by atoms with van der Waals surface area (Å²) >= 11 is 5.29. The van der Waals surface area contributed by atoms with E-state index in [1.54, 1.807) is 0 Å². The maximum atomic E-state index is 13.4. The largest absolute Gasteiger partial charge is 0.402 e. The van der Waals surface area contributed by atoms with Crippen LogP contribution >= 0.6 is 11.6 Å². The van der Waals surface area contributed by atoms with Gasteiger partial charge in [-0.1, -0.05) is 12.1 Å². The summed E-state index contributed by atoms with van der Waals surface area (Å²) in [5.41, 5.74) is 0. The Morgan fingerprint density at radius 3 is 2.26 bits per heavy atom. The van der Waals surface area contributed by atoms with Gasteiger partial charge in [0.15, 0.2) is 0 Å². The third-order valence-corrected chi connectivity index (χ3v) is 4.19. The van der Waals surface area contributed by atoms with Gasteiger partial charge in [0.05, 0.1) is 0 Å². The predicted molar refractivity (Wildman–Crippen MR) is 61.9 cm³/mol. The summed E-state index contributed by atoms with van der Waals surface area (Å²) in [6, 6.07) is 4.23. The van der Waals surface area contributed by atoms with E-state index >= 15 is 0 Å². The van der Waals surface area contributed by atoms with E-state index < -0.39 is 40.0 Å². The number of hydrogen-bond acceptors (Lipinski definition) is 2. The number of halogens is 5. The molecule has 1 aromatic rings. The summed E-state index contributed by atoms with van der Waals surface area (Å²) < 4.78 is 74.4. The van der Waals surface area contributed by atoms with Crippen molar-refractivity contribution in [2.75, 3.05) is 19.0 Å². The van der Waals surface area contributed by atoms with E-state index in [1.165, 1.54) is 12.1 Å². The topological polar surface area (TPSA) is 37.4 Å². The summed E-state index contributed by atoms with van der Waals surface area (Å²) in [4.78, 5) is -0.802. The summed E-state index contributed by atoms with van der Waals surface area (Å²) in [5.74, 6) is -1.44. The Balaban J connectivity index is 3.17. The van der Waals surface area contributed by atoms with Gasteiger partial charge in [-0.3, -0.25) is 0 Å². The molecule has 0 aliphatic rings. The average Bonchev–Trinajstić information content (AvgIpc) is 2.27. The Morgan fingerprint density at radius 1 is 1.21 bits per heavy atom. The Labute approximate surface area is 112 Å². The van der Waals surface area contributed by atoms with Crippen molar-refractivity contribution in [1.82, 2.24) is 4.31 Å². The molecule has 0 aromatic heterocycles. The highest BCUT2D eigenvalue weighted by molar-refractivity contribution is 7.89. The molecule has 0 aliphatic heterocycles. The van der Waals surface area contributed by atoms with Crippen LogP contribution in [0.4, 0.5) is 17.6 Å². The maximum absolute atomic E-state index is 13.4. The number of benzene rings is 1. The number of rotatable bonds is 5. The molecule has 0 radical (unpaired) electrons. The highest BCUT2D eigenvalue weighted by atomic mass is 35.5. The summed E-state index contributed by atoms with van der Waals surface area (Å²) in [6.07, 6.45) is -4.73. The summed E-state index contributed by atoms with van der Waals surface area (Å²) in [5, 5.41) is 0. The van der Waals surface area contributed by atoms with E-state index in [0.717, 1.165) is 12.1 Å². The monoisotopic (exact) mass is 319 g/mol. The van der Waals surface area contributed by atoms with Gasteiger partial charge in [-0.15, -0.1) is 11.6 Å². The zero-order valence-corrected chi connectivity index (χ0v) is 11.1. The molecule has 0 fully saturated rings. The molecule has 19 heavy (non-hydrogen) atoms. The minimum atomic E-state index is -4.73. The smallest absolute Gasteiger partial charge is 0.207 e. The second-order valence-electron chi connectivity index (χ2n) is 3.57. The van der Waals surface area contributed by atoms with Crippen LogP contribution in [0, 0.1) is 5.82 Å². The average molecular weight is 320 g/mol. The zero-order chi connectivity index (χ0) is 14.7. The molecule has 0 atom stereocenters. The van der Waals surface area contributed by atoms with Gasteiger partial charge in [0.25, 0.3) is 0 Å². The molecule has 108 valence electrons. The standard InChI is InChI=1S/C10H10ClF4NO2S/c11-5-6-16(7-10(13,14)15)19(17,18)9-4-2-1-3-8(9)12/h1-4H,5-7H2. The summed E-state index contributed by atoms with van der Waals surface area (Å²) in [7, 11) is -4.57. The SMILES string of the molecule is O=S(=O)(c1ccccc1F)N(CCCl)CC(F)(F)F. The Kier molecular flexibility index (Phi) is 5.17. The highest BCUT2D eigenvalue weighted by Crippen LogP contribution is 2.24. The molecule has 0 bridgehead atoms. The molecule has 0 N–H and O–H groups in total. The molecular weight excluding hydrogens is 310 g/mol. The molecule has 3 nitrogen and oxygen atoms in total. The Hall–Kier alpha value is -0.860. The normalized spacial score (nSPS) is 12.9. The minimum absolute atomic E-state index is 0.110. The lowest BCUT2D eigenvalue weighted by Crippen LogP contribution is -2.40. The maximum Gasteiger partial charge on any atom is 0.402 e. The van der Waals surface area contributed by atoms with Crippen molar-refractivity contribution in [3.8, 4) is 0 Å². The van der Waals surface area contributed by atoms with Gasteiger partial charge in [-0.05, 0) is 12.1 Å². The molecule has 0 unspecified atom stereocenters. The Morgan fingerprint density at radius 2 is 1.79 bits per heavy atom. The third-order valence-electron chi connectivity index (χ3n) is 2.14. The summed E-state index contributed by atoms with van der Waals surface area (Å²) in [6.45, 7) is -2.27. The molecule has 0 saturated carbocycles. The molecule has 0 spiro atoms. The van der Waals surface area contributed by atoms with Gasteiger partial charge in [0, 0.05) is 12.4 Å². The molecule has 0 aliphatic carbocycles. The molecule has 0 heterocycles. The number of hydrogen-bond donors (Lipinski definition) is 0. The second-order valence-corrected chi connectivity index (χ2v) is 5.86. The van der Waals surface area contributed by atoms with Crippen LogP contribution in [0.25, 0.3) is 0 Å². The Bertz CT molecular complexity index is 533. The van der Waals surface area contributed by atoms with Crippen LogP contribution in [0.1, 0.15) is 0 Å². The van der Waals surface area contributed by atoms with Gasteiger partial charge in [0.2, 0.25) is 10.0 Å². The zero-order valence-electron chi connectivity index (χ0n) is 9.49. The predicted octanol–water partition coefficient (Wildman–Crippen LogP) is 2.62. The van der Waals surface area contributed by atoms with Gasteiger partial charge in [-0.2, -0.15) is 17.5 Å². The van der Waals surface area contributed by atoms with Crippen LogP contribution in [0.2, 0.25) is 0 Å². The van der Waals surface area contributed by atoms with Gasteiger partial charge < -0.3 is 0 Å². The fourth-order valence-corrected chi connectivity index (χ4v) is 3.17. The van der Waals surface area contributed by atoms with Crippen molar-refractivity contribution in [2.45, 2.75) is 11.1 Å². The van der Waals surface area contributed by atoms with Crippen LogP contribution in [0.15, 0.2) is 29.2 Å². The van der Waals surface area contributed by atoms with E-state index in [0.29, 0.717) is 0 Å². The number of alkyl halides is 4. The van der Waals surface area contributed by atoms with Crippen LogP contribution < -0.4 is 0 Å². The van der Waals surface area contributed by atoms with Crippen molar-refractivity contribution in [2.24, 2.45) is 0 Å². The van der Waals surface area contributed by atoms with Gasteiger partial charge in [-0.25, -0.2) is 12.8 Å². The molecule has 9 heteroatoms. The number of nitrogens with zero attached hydrogens (tertiary/aromatic N) is 1. The van der Waals surface area contributed by atoms with Crippen LogP contribution in [-0.4, -0.2) is 37.9 Å². The lowest BCUT2D eigenvalue weighted by molar-refractivity contribution is -0.135. The fraction of sp³-hybridized carbons (Fsp3) is 0.400. The minimum Gasteiger partial charge on any atom is -0.207 e.